The molecule has 0 aliphatic carbocycles. The second-order valence-electron chi connectivity index (χ2n) is 4.66. The molecule has 5 heteroatoms. The van der Waals surface area contributed by atoms with E-state index in [1.807, 2.05) is 0 Å². The minimum atomic E-state index is -0.0205. The first-order valence-corrected chi connectivity index (χ1v) is 7.16. The predicted molar refractivity (Wildman–Crippen MR) is 79.2 cm³/mol. The van der Waals surface area contributed by atoms with E-state index < -0.39 is 0 Å². The van der Waals surface area contributed by atoms with Gasteiger partial charge in [-0.2, -0.15) is 0 Å². The molecule has 1 amide bonds. The lowest BCUT2D eigenvalue weighted by atomic mass is 9.94. The van der Waals surface area contributed by atoms with Crippen LogP contribution < -0.4 is 11.1 Å². The molecule has 3 N–H and O–H groups in total. The molecule has 19 heavy (non-hydrogen) atoms. The van der Waals surface area contributed by atoms with Crippen molar-refractivity contribution in [2.24, 2.45) is 11.7 Å². The molecule has 0 radical (unpaired) electrons. The molecule has 0 aromatic carbocycles. The summed E-state index contributed by atoms with van der Waals surface area (Å²) in [6.45, 7) is 2.83. The molecule has 106 valence electrons. The summed E-state index contributed by atoms with van der Waals surface area (Å²) < 4.78 is 0. The van der Waals surface area contributed by atoms with Gasteiger partial charge in [0.05, 0.1) is 0 Å². The van der Waals surface area contributed by atoms with Crippen LogP contribution in [0.2, 0.25) is 5.15 Å². The van der Waals surface area contributed by atoms with Crippen molar-refractivity contribution in [3.05, 3.63) is 23.4 Å². The van der Waals surface area contributed by atoms with E-state index in [-0.39, 0.29) is 5.91 Å². The maximum absolute atomic E-state index is 11.8. The van der Waals surface area contributed by atoms with Gasteiger partial charge >= 0.3 is 0 Å². The van der Waals surface area contributed by atoms with E-state index in [1.165, 1.54) is 0 Å². The van der Waals surface area contributed by atoms with E-state index in [0.29, 0.717) is 29.9 Å². The summed E-state index contributed by atoms with van der Waals surface area (Å²) in [5.41, 5.74) is 5.58. The summed E-state index contributed by atoms with van der Waals surface area (Å²) in [5.74, 6) is 1.02. The number of rotatable bonds is 8. The molecule has 0 aliphatic heterocycles. The zero-order valence-corrected chi connectivity index (χ0v) is 12.1. The SMILES string of the molecule is CCCC(CCN)CCC(=O)Nc1cccc(Cl)n1. The summed E-state index contributed by atoms with van der Waals surface area (Å²) in [6.07, 6.45) is 4.61. The van der Waals surface area contributed by atoms with Gasteiger partial charge in [-0.3, -0.25) is 4.79 Å². The molecule has 0 spiro atoms. The number of hydrogen-bond donors (Lipinski definition) is 2. The maximum Gasteiger partial charge on any atom is 0.225 e. The molecule has 0 saturated heterocycles. The van der Waals surface area contributed by atoms with Crippen LogP contribution in [0.1, 0.15) is 39.0 Å². The molecule has 1 rings (SSSR count). The molecule has 1 heterocycles. The fourth-order valence-electron chi connectivity index (χ4n) is 2.10. The number of nitrogens with zero attached hydrogens (tertiary/aromatic N) is 1. The lowest BCUT2D eigenvalue weighted by Gasteiger charge is -2.14. The average Bonchev–Trinajstić information content (AvgIpc) is 2.36. The van der Waals surface area contributed by atoms with Gasteiger partial charge in [0.1, 0.15) is 11.0 Å². The molecule has 1 aromatic heterocycles. The lowest BCUT2D eigenvalue weighted by molar-refractivity contribution is -0.116. The minimum Gasteiger partial charge on any atom is -0.330 e. The van der Waals surface area contributed by atoms with Gasteiger partial charge in [0, 0.05) is 6.42 Å². The minimum absolute atomic E-state index is 0.0205. The van der Waals surface area contributed by atoms with Crippen molar-refractivity contribution in [1.82, 2.24) is 4.98 Å². The number of nitrogens with one attached hydrogen (secondary N) is 1. The first-order chi connectivity index (χ1) is 9.15. The number of hydrogen-bond acceptors (Lipinski definition) is 3. The van der Waals surface area contributed by atoms with E-state index in [4.69, 9.17) is 17.3 Å². The number of carbonyl (C=O) groups is 1. The third-order valence-corrected chi connectivity index (χ3v) is 3.24. The summed E-state index contributed by atoms with van der Waals surface area (Å²) in [5, 5.41) is 3.14. The molecular weight excluding hydrogens is 262 g/mol. The highest BCUT2D eigenvalue weighted by atomic mass is 35.5. The summed E-state index contributed by atoms with van der Waals surface area (Å²) in [7, 11) is 0. The molecule has 4 nitrogen and oxygen atoms in total. The highest BCUT2D eigenvalue weighted by Gasteiger charge is 2.10. The van der Waals surface area contributed by atoms with E-state index in [0.717, 1.165) is 25.7 Å². The van der Waals surface area contributed by atoms with Gasteiger partial charge in [0.2, 0.25) is 5.91 Å². The van der Waals surface area contributed by atoms with Crippen molar-refractivity contribution in [3.8, 4) is 0 Å². The van der Waals surface area contributed by atoms with Gasteiger partial charge in [-0.05, 0) is 37.4 Å². The van der Waals surface area contributed by atoms with Crippen molar-refractivity contribution < 1.29 is 4.79 Å². The standard InChI is InChI=1S/C14H22ClN3O/c1-2-4-11(9-10-16)7-8-14(19)18-13-6-3-5-12(15)17-13/h3,5-6,11H,2,4,7-10,16H2,1H3,(H,17,18,19). The van der Waals surface area contributed by atoms with Crippen molar-refractivity contribution in [3.63, 3.8) is 0 Å². The normalized spacial score (nSPS) is 12.2. The Morgan fingerprint density at radius 2 is 2.21 bits per heavy atom. The van der Waals surface area contributed by atoms with E-state index in [2.05, 4.69) is 17.2 Å². The number of halogens is 1. The quantitative estimate of drug-likeness (QED) is 0.720. The predicted octanol–water partition coefficient (Wildman–Crippen LogP) is 3.22. The molecular formula is C14H22ClN3O. The Kier molecular flexibility index (Phi) is 7.45. The maximum atomic E-state index is 11.8. The first-order valence-electron chi connectivity index (χ1n) is 6.78. The van der Waals surface area contributed by atoms with Crippen LogP contribution in [-0.2, 0) is 4.79 Å². The van der Waals surface area contributed by atoms with Crippen LogP contribution in [-0.4, -0.2) is 17.4 Å². The van der Waals surface area contributed by atoms with Crippen LogP contribution in [0.4, 0.5) is 5.82 Å². The van der Waals surface area contributed by atoms with Gasteiger partial charge in [-0.25, -0.2) is 4.98 Å². The van der Waals surface area contributed by atoms with Gasteiger partial charge in [-0.1, -0.05) is 37.4 Å². The lowest BCUT2D eigenvalue weighted by Crippen LogP contribution is -2.16. The Bertz CT molecular complexity index is 392. The van der Waals surface area contributed by atoms with Crippen LogP contribution >= 0.6 is 11.6 Å². The summed E-state index contributed by atoms with van der Waals surface area (Å²) in [4.78, 5) is 15.8. The van der Waals surface area contributed by atoms with Gasteiger partial charge in [0.25, 0.3) is 0 Å². The average molecular weight is 284 g/mol. The summed E-state index contributed by atoms with van der Waals surface area (Å²) >= 11 is 5.76. The van der Waals surface area contributed by atoms with Crippen molar-refractivity contribution in [2.45, 2.75) is 39.0 Å². The van der Waals surface area contributed by atoms with Crippen LogP contribution in [0.25, 0.3) is 0 Å². The van der Waals surface area contributed by atoms with Crippen LogP contribution in [0.3, 0.4) is 0 Å². The van der Waals surface area contributed by atoms with Crippen molar-refractivity contribution >= 4 is 23.3 Å². The zero-order chi connectivity index (χ0) is 14.1. The Labute approximate surface area is 119 Å². The second kappa shape index (κ2) is 8.88. The van der Waals surface area contributed by atoms with Gasteiger partial charge in [-0.15, -0.1) is 0 Å². The van der Waals surface area contributed by atoms with Gasteiger partial charge < -0.3 is 11.1 Å². The summed E-state index contributed by atoms with van der Waals surface area (Å²) in [6, 6.07) is 5.17. The Balaban J connectivity index is 2.38. The molecule has 1 unspecified atom stereocenters. The topological polar surface area (TPSA) is 68.0 Å². The van der Waals surface area contributed by atoms with Gasteiger partial charge in [0.15, 0.2) is 0 Å². The van der Waals surface area contributed by atoms with Crippen LogP contribution in [0.15, 0.2) is 18.2 Å². The van der Waals surface area contributed by atoms with E-state index in [9.17, 15) is 4.79 Å². The third kappa shape index (κ3) is 6.55. The Morgan fingerprint density at radius 1 is 1.42 bits per heavy atom. The highest BCUT2D eigenvalue weighted by molar-refractivity contribution is 6.29. The monoisotopic (exact) mass is 283 g/mol. The molecule has 0 saturated carbocycles. The molecule has 1 aromatic rings. The van der Waals surface area contributed by atoms with Crippen molar-refractivity contribution in [1.29, 1.82) is 0 Å². The first kappa shape index (κ1) is 15.9. The number of pyridine rings is 1. The van der Waals surface area contributed by atoms with E-state index >= 15 is 0 Å². The number of nitrogens with two attached hydrogens (primary N) is 1. The molecule has 0 bridgehead atoms. The smallest absolute Gasteiger partial charge is 0.225 e. The Hall–Kier alpha value is -1.13. The number of anilines is 1. The Morgan fingerprint density at radius 3 is 2.84 bits per heavy atom. The fourth-order valence-corrected chi connectivity index (χ4v) is 2.26. The van der Waals surface area contributed by atoms with E-state index in [1.54, 1.807) is 18.2 Å². The number of aromatic nitrogens is 1. The fraction of sp³-hybridized carbons (Fsp3) is 0.571. The highest BCUT2D eigenvalue weighted by Crippen LogP contribution is 2.17. The third-order valence-electron chi connectivity index (χ3n) is 3.03. The number of carbonyl (C=O) groups excluding carboxylic acids is 1. The van der Waals surface area contributed by atoms with Crippen LogP contribution in [0.5, 0.6) is 0 Å². The second-order valence-corrected chi connectivity index (χ2v) is 5.05. The number of amides is 1. The van der Waals surface area contributed by atoms with Crippen molar-refractivity contribution in [2.75, 3.05) is 11.9 Å². The van der Waals surface area contributed by atoms with Crippen LogP contribution in [0, 0.1) is 5.92 Å². The molecule has 0 fully saturated rings. The molecule has 0 aliphatic rings. The largest absolute Gasteiger partial charge is 0.330 e. The molecule has 1 atom stereocenters. The zero-order valence-electron chi connectivity index (χ0n) is 11.4.